The van der Waals surface area contributed by atoms with Crippen LogP contribution in [0.5, 0.6) is 5.75 Å². The number of nitro benzene ring substituents is 1. The van der Waals surface area contributed by atoms with Crippen molar-refractivity contribution in [2.75, 3.05) is 12.4 Å². The normalized spacial score (nSPS) is 10.9. The summed E-state index contributed by atoms with van der Waals surface area (Å²) in [7, 11) is 0. The summed E-state index contributed by atoms with van der Waals surface area (Å²) in [4.78, 5) is 41.6. The van der Waals surface area contributed by atoms with E-state index in [0.717, 1.165) is 11.8 Å². The number of fused-ring (bicyclic) bond motifs is 1. The first-order valence-electron chi connectivity index (χ1n) is 9.04. The van der Waals surface area contributed by atoms with Crippen molar-refractivity contribution in [2.24, 2.45) is 0 Å². The Hall–Kier alpha value is -3.40. The second-order valence-electron chi connectivity index (χ2n) is 6.56. The molecule has 3 aromatic rings. The molecule has 0 aliphatic rings. The molecule has 0 aliphatic carbocycles. The topological polar surface area (TPSA) is 124 Å². The summed E-state index contributed by atoms with van der Waals surface area (Å²) >= 11 is 1.08. The number of ketones is 1. The van der Waals surface area contributed by atoms with Gasteiger partial charge < -0.3 is 14.5 Å². The smallest absolute Gasteiger partial charge is 0.316 e. The number of nitro groups is 1. The van der Waals surface area contributed by atoms with Crippen LogP contribution in [-0.2, 0) is 9.53 Å². The second-order valence-corrected chi connectivity index (χ2v) is 7.53. The van der Waals surface area contributed by atoms with Crippen LogP contribution < -0.4 is 4.74 Å². The van der Waals surface area contributed by atoms with Gasteiger partial charge in [-0.15, -0.1) is 0 Å². The molecule has 2 aromatic carbocycles. The third kappa shape index (κ3) is 5.57. The minimum Gasteiger partial charge on any atom is -0.491 e. The Bertz CT molecular complexity index is 1080. The number of rotatable bonds is 9. The number of aromatic nitrogens is 2. The number of aromatic amines is 1. The Kier molecular flexibility index (Phi) is 6.68. The maximum atomic E-state index is 12.2. The Morgan fingerprint density at radius 3 is 2.60 bits per heavy atom. The van der Waals surface area contributed by atoms with E-state index in [1.807, 2.05) is 13.8 Å². The van der Waals surface area contributed by atoms with Gasteiger partial charge in [0.15, 0.2) is 17.5 Å². The molecule has 0 fully saturated rings. The number of carbonyl (C=O) groups is 2. The van der Waals surface area contributed by atoms with Gasteiger partial charge in [0.25, 0.3) is 5.69 Å². The van der Waals surface area contributed by atoms with Crippen LogP contribution in [0.4, 0.5) is 5.69 Å². The molecule has 30 heavy (non-hydrogen) atoms. The molecule has 0 spiro atoms. The molecule has 0 saturated carbocycles. The first-order valence-corrected chi connectivity index (χ1v) is 10.0. The molecule has 9 nitrogen and oxygen atoms in total. The lowest BCUT2D eigenvalue weighted by atomic mass is 10.1. The minimum absolute atomic E-state index is 0.0341. The van der Waals surface area contributed by atoms with Crippen LogP contribution in [0.1, 0.15) is 24.2 Å². The van der Waals surface area contributed by atoms with Crippen molar-refractivity contribution in [1.82, 2.24) is 9.97 Å². The number of hydrogen-bond acceptors (Lipinski definition) is 8. The number of H-pyrrole nitrogens is 1. The molecule has 1 aromatic heterocycles. The third-order valence-electron chi connectivity index (χ3n) is 3.89. The standard InChI is InChI=1S/C20H19N3O6S/c1-12(2)29-15-6-3-13(4-7-15)18(24)10-28-19(25)11-30-20-21-16-8-5-14(23(26)27)9-17(16)22-20/h3-9,12H,10-11H2,1-2H3,(H,21,22). The highest BCUT2D eigenvalue weighted by molar-refractivity contribution is 7.99. The van der Waals surface area contributed by atoms with Crippen molar-refractivity contribution in [3.05, 3.63) is 58.1 Å². The number of hydrogen-bond donors (Lipinski definition) is 1. The Balaban J connectivity index is 1.49. The molecule has 10 heteroatoms. The van der Waals surface area contributed by atoms with E-state index in [4.69, 9.17) is 9.47 Å². The SMILES string of the molecule is CC(C)Oc1ccc(C(=O)COC(=O)CSc2nc3ccc([N+](=O)[O-])cc3[nH]2)cc1. The molecule has 0 unspecified atom stereocenters. The fourth-order valence-corrected chi connectivity index (χ4v) is 3.23. The summed E-state index contributed by atoms with van der Waals surface area (Å²) in [5.41, 5.74) is 1.42. The van der Waals surface area contributed by atoms with E-state index in [9.17, 15) is 19.7 Å². The maximum Gasteiger partial charge on any atom is 0.316 e. The number of thioether (sulfide) groups is 1. The molecule has 0 atom stereocenters. The van der Waals surface area contributed by atoms with Gasteiger partial charge in [-0.3, -0.25) is 19.7 Å². The average Bonchev–Trinajstić information content (AvgIpc) is 3.12. The lowest BCUT2D eigenvalue weighted by Gasteiger charge is -2.10. The number of Topliss-reactive ketones (excluding diaryl/α,β-unsaturated/α-hetero) is 1. The van der Waals surface area contributed by atoms with Crippen molar-refractivity contribution in [3.63, 3.8) is 0 Å². The van der Waals surface area contributed by atoms with Gasteiger partial charge in [-0.1, -0.05) is 11.8 Å². The van der Waals surface area contributed by atoms with Crippen LogP contribution in [-0.4, -0.2) is 45.1 Å². The third-order valence-corrected chi connectivity index (χ3v) is 4.74. The fraction of sp³-hybridized carbons (Fsp3) is 0.250. The summed E-state index contributed by atoms with van der Waals surface area (Å²) in [6.45, 7) is 3.45. The molecule has 0 aliphatic heterocycles. The number of non-ortho nitro benzene ring substituents is 1. The van der Waals surface area contributed by atoms with Crippen LogP contribution in [0.25, 0.3) is 11.0 Å². The van der Waals surface area contributed by atoms with Crippen LogP contribution in [0.3, 0.4) is 0 Å². The molecule has 0 saturated heterocycles. The van der Waals surface area contributed by atoms with Crippen LogP contribution >= 0.6 is 11.8 Å². The number of nitrogens with zero attached hydrogens (tertiary/aromatic N) is 2. The van der Waals surface area contributed by atoms with Gasteiger partial charge in [0, 0.05) is 17.7 Å². The summed E-state index contributed by atoms with van der Waals surface area (Å²) in [6, 6.07) is 10.9. The predicted octanol–water partition coefficient (Wildman–Crippen LogP) is 3.78. The number of benzene rings is 2. The lowest BCUT2D eigenvalue weighted by Crippen LogP contribution is -2.15. The highest BCUT2D eigenvalue weighted by Gasteiger charge is 2.13. The minimum atomic E-state index is -0.570. The second kappa shape index (κ2) is 9.40. The number of carbonyl (C=O) groups excluding carboxylic acids is 2. The molecule has 3 rings (SSSR count). The summed E-state index contributed by atoms with van der Waals surface area (Å²) in [5.74, 6) is -0.290. The van der Waals surface area contributed by atoms with E-state index in [1.165, 1.54) is 18.2 Å². The molecule has 0 radical (unpaired) electrons. The molecular weight excluding hydrogens is 410 g/mol. The molecule has 0 bridgehead atoms. The highest BCUT2D eigenvalue weighted by Crippen LogP contribution is 2.23. The van der Waals surface area contributed by atoms with Crippen molar-refractivity contribution >= 4 is 40.2 Å². The number of esters is 1. The van der Waals surface area contributed by atoms with Gasteiger partial charge in [0.1, 0.15) is 5.75 Å². The lowest BCUT2D eigenvalue weighted by molar-refractivity contribution is -0.384. The zero-order chi connectivity index (χ0) is 21.7. The molecule has 1 heterocycles. The quantitative estimate of drug-likeness (QED) is 0.179. The molecular formula is C20H19N3O6S. The van der Waals surface area contributed by atoms with E-state index in [-0.39, 0.29) is 29.9 Å². The van der Waals surface area contributed by atoms with Gasteiger partial charge in [-0.05, 0) is 44.2 Å². The average molecular weight is 429 g/mol. The number of ether oxygens (including phenoxy) is 2. The largest absolute Gasteiger partial charge is 0.491 e. The van der Waals surface area contributed by atoms with Crippen LogP contribution in [0.2, 0.25) is 0 Å². The van der Waals surface area contributed by atoms with E-state index < -0.39 is 10.9 Å². The Labute approximate surface area is 175 Å². The number of imidazole rings is 1. The molecule has 156 valence electrons. The molecule has 1 N–H and O–H groups in total. The van der Waals surface area contributed by atoms with E-state index in [2.05, 4.69) is 9.97 Å². The van der Waals surface area contributed by atoms with Crippen LogP contribution in [0, 0.1) is 10.1 Å². The van der Waals surface area contributed by atoms with E-state index >= 15 is 0 Å². The highest BCUT2D eigenvalue weighted by atomic mass is 32.2. The fourth-order valence-electron chi connectivity index (χ4n) is 2.55. The van der Waals surface area contributed by atoms with Crippen LogP contribution in [0.15, 0.2) is 47.6 Å². The first-order chi connectivity index (χ1) is 14.3. The van der Waals surface area contributed by atoms with Gasteiger partial charge >= 0.3 is 5.97 Å². The summed E-state index contributed by atoms with van der Waals surface area (Å²) in [5, 5.41) is 11.3. The monoisotopic (exact) mass is 429 g/mol. The Morgan fingerprint density at radius 1 is 1.20 bits per heavy atom. The zero-order valence-electron chi connectivity index (χ0n) is 16.3. The number of nitrogens with one attached hydrogen (secondary N) is 1. The Morgan fingerprint density at radius 2 is 1.93 bits per heavy atom. The predicted molar refractivity (Wildman–Crippen MR) is 111 cm³/mol. The summed E-state index contributed by atoms with van der Waals surface area (Å²) < 4.78 is 10.5. The van der Waals surface area contributed by atoms with Gasteiger partial charge in [0.05, 0.1) is 27.8 Å². The first kappa shape index (κ1) is 21.3. The maximum absolute atomic E-state index is 12.2. The zero-order valence-corrected chi connectivity index (χ0v) is 17.1. The van der Waals surface area contributed by atoms with Crippen molar-refractivity contribution in [2.45, 2.75) is 25.1 Å². The van der Waals surface area contributed by atoms with Crippen molar-refractivity contribution < 1.29 is 24.0 Å². The molecule has 0 amide bonds. The van der Waals surface area contributed by atoms with Gasteiger partial charge in [0.2, 0.25) is 0 Å². The van der Waals surface area contributed by atoms with Crippen molar-refractivity contribution in [3.8, 4) is 5.75 Å². The van der Waals surface area contributed by atoms with E-state index in [0.29, 0.717) is 27.5 Å². The van der Waals surface area contributed by atoms with Gasteiger partial charge in [-0.25, -0.2) is 4.98 Å². The van der Waals surface area contributed by atoms with Gasteiger partial charge in [-0.2, -0.15) is 0 Å². The van der Waals surface area contributed by atoms with Crippen molar-refractivity contribution in [1.29, 1.82) is 0 Å². The van der Waals surface area contributed by atoms with E-state index in [1.54, 1.807) is 24.3 Å². The summed E-state index contributed by atoms with van der Waals surface area (Å²) in [6.07, 6.45) is 0.0341.